The van der Waals surface area contributed by atoms with Gasteiger partial charge in [0.25, 0.3) is 5.69 Å². The van der Waals surface area contributed by atoms with Crippen molar-refractivity contribution in [2.45, 2.75) is 91.6 Å². The number of benzene rings is 1. The monoisotopic (exact) mass is 582 g/mol. The summed E-state index contributed by atoms with van der Waals surface area (Å²) >= 11 is 0. The summed E-state index contributed by atoms with van der Waals surface area (Å²) in [6.07, 6.45) is 5.97. The zero-order valence-corrected chi connectivity index (χ0v) is 25.2. The number of rotatable bonds is 16. The van der Waals surface area contributed by atoms with Crippen molar-refractivity contribution in [1.82, 2.24) is 15.5 Å². The van der Waals surface area contributed by atoms with E-state index in [2.05, 4.69) is 22.4 Å². The zero-order chi connectivity index (χ0) is 30.6. The Balaban J connectivity index is 1.61. The van der Waals surface area contributed by atoms with Crippen molar-refractivity contribution in [2.75, 3.05) is 13.2 Å². The van der Waals surface area contributed by atoms with Crippen LogP contribution in [-0.2, 0) is 25.5 Å². The molecule has 1 aliphatic heterocycles. The van der Waals surface area contributed by atoms with E-state index in [1.54, 1.807) is 45.9 Å². The van der Waals surface area contributed by atoms with Crippen LogP contribution in [0.5, 0.6) is 5.88 Å². The van der Waals surface area contributed by atoms with Crippen LogP contribution >= 0.6 is 0 Å². The third-order valence-corrected chi connectivity index (χ3v) is 6.92. The van der Waals surface area contributed by atoms with Gasteiger partial charge in [-0.25, -0.2) is 9.59 Å². The highest BCUT2D eigenvalue weighted by atomic mass is 16.6. The number of unbranched alkanes of at least 4 members (excludes halogenated alkanes) is 4. The fourth-order valence-corrected chi connectivity index (χ4v) is 4.91. The second kappa shape index (κ2) is 15.7. The number of H-pyrrole nitrogens is 1. The minimum atomic E-state index is -1.02. The van der Waals surface area contributed by atoms with Gasteiger partial charge < -0.3 is 19.5 Å². The van der Waals surface area contributed by atoms with Gasteiger partial charge >= 0.3 is 11.9 Å². The average Bonchev–Trinajstić information content (AvgIpc) is 3.39. The Morgan fingerprint density at radius 1 is 1.00 bits per heavy atom. The Morgan fingerprint density at radius 2 is 1.67 bits per heavy atom. The van der Waals surface area contributed by atoms with Crippen LogP contribution < -0.4 is 10.1 Å². The number of nitrogens with zero attached hydrogens (tertiary/aromatic N) is 2. The largest absolute Gasteiger partial charge is 0.477 e. The average molecular weight is 583 g/mol. The molecule has 0 saturated carbocycles. The quantitative estimate of drug-likeness (QED) is 0.105. The summed E-state index contributed by atoms with van der Waals surface area (Å²) < 4.78 is 16.8. The topological polar surface area (TPSA) is 146 Å². The smallest absolute Gasteiger partial charge is 0.337 e. The zero-order valence-electron chi connectivity index (χ0n) is 25.2. The van der Waals surface area contributed by atoms with E-state index < -0.39 is 28.9 Å². The van der Waals surface area contributed by atoms with E-state index in [-0.39, 0.29) is 29.0 Å². The number of esters is 2. The second-order valence-corrected chi connectivity index (χ2v) is 10.6. The lowest BCUT2D eigenvalue weighted by Crippen LogP contribution is -2.33. The van der Waals surface area contributed by atoms with Crippen LogP contribution in [0, 0.1) is 10.1 Å². The first-order valence-electron chi connectivity index (χ1n) is 14.6. The molecular weight excluding hydrogens is 540 g/mol. The number of dihydropyridines is 1. The van der Waals surface area contributed by atoms with Crippen molar-refractivity contribution in [3.05, 3.63) is 74.2 Å². The van der Waals surface area contributed by atoms with Crippen LogP contribution in [0.4, 0.5) is 5.69 Å². The van der Waals surface area contributed by atoms with Crippen molar-refractivity contribution >= 4 is 17.6 Å². The number of ether oxygens (including phenoxy) is 3. The lowest BCUT2D eigenvalue weighted by molar-refractivity contribution is -0.385. The van der Waals surface area contributed by atoms with Gasteiger partial charge in [0, 0.05) is 34.8 Å². The van der Waals surface area contributed by atoms with Crippen LogP contribution in [0.2, 0.25) is 0 Å². The van der Waals surface area contributed by atoms with Gasteiger partial charge in [0.1, 0.15) is 0 Å². The van der Waals surface area contributed by atoms with Crippen molar-refractivity contribution in [1.29, 1.82) is 0 Å². The maximum atomic E-state index is 13.4. The van der Waals surface area contributed by atoms with E-state index in [0.29, 0.717) is 30.3 Å². The normalized spacial score (nSPS) is 15.0. The van der Waals surface area contributed by atoms with Crippen LogP contribution in [0.15, 0.2) is 52.9 Å². The summed E-state index contributed by atoms with van der Waals surface area (Å²) in [5.74, 6) is -1.70. The number of aryl methyl sites for hydroxylation is 1. The minimum absolute atomic E-state index is 0.143. The number of para-hydroxylation sites is 1. The summed E-state index contributed by atoms with van der Waals surface area (Å²) in [6.45, 7) is 9.69. The lowest BCUT2D eigenvalue weighted by Gasteiger charge is -2.30. The van der Waals surface area contributed by atoms with E-state index in [0.717, 1.165) is 44.2 Å². The van der Waals surface area contributed by atoms with E-state index in [1.165, 1.54) is 6.07 Å². The highest BCUT2D eigenvalue weighted by Gasteiger charge is 2.41. The Morgan fingerprint density at radius 3 is 2.33 bits per heavy atom. The molecular formula is C31H42N4O7. The number of nitrogens with one attached hydrogen (secondary N) is 2. The number of allylic oxidation sites excluding steroid dienone is 2. The molecule has 11 heteroatoms. The molecule has 1 aromatic heterocycles. The molecule has 228 valence electrons. The molecule has 0 aliphatic carbocycles. The number of nitro benzene ring substituents is 1. The van der Waals surface area contributed by atoms with Gasteiger partial charge in [-0.05, 0) is 66.2 Å². The van der Waals surface area contributed by atoms with Gasteiger partial charge in [-0.2, -0.15) is 0 Å². The van der Waals surface area contributed by atoms with Crippen molar-refractivity contribution < 1.29 is 28.7 Å². The summed E-state index contributed by atoms with van der Waals surface area (Å²) in [5, 5.41) is 22.2. The highest BCUT2D eigenvalue weighted by Crippen LogP contribution is 2.42. The van der Waals surface area contributed by atoms with Crippen molar-refractivity contribution in [2.24, 2.45) is 0 Å². The van der Waals surface area contributed by atoms with E-state index in [4.69, 9.17) is 14.2 Å². The van der Waals surface area contributed by atoms with Gasteiger partial charge in [0.05, 0.1) is 41.3 Å². The fourth-order valence-electron chi connectivity index (χ4n) is 4.91. The number of nitro groups is 1. The molecule has 2 heterocycles. The third kappa shape index (κ3) is 8.67. The standard InChI is InChI=1S/C31H42N4O7/c1-6-7-14-23-19-26(34-33-23)40-17-12-8-9-13-18-41-30(36)27-21(4)32-22(5)28(31(37)42-20(2)3)29(27)24-15-10-11-16-25(24)35(38)39/h10-11,15-16,19-20,29,32H,6-9,12-14,17-18H2,1-5H3,(H,33,34). The van der Waals surface area contributed by atoms with E-state index in [1.807, 2.05) is 6.07 Å². The Kier molecular flexibility index (Phi) is 12.1. The van der Waals surface area contributed by atoms with Crippen LogP contribution in [-0.4, -0.2) is 46.4 Å². The Bertz CT molecular complexity index is 1310. The first-order valence-corrected chi connectivity index (χ1v) is 14.6. The molecule has 0 bridgehead atoms. The number of aromatic nitrogens is 2. The molecule has 2 aromatic rings. The number of aromatic amines is 1. The van der Waals surface area contributed by atoms with Gasteiger partial charge in [0.2, 0.25) is 5.88 Å². The Labute approximate surface area is 246 Å². The van der Waals surface area contributed by atoms with Gasteiger partial charge in [-0.1, -0.05) is 31.5 Å². The molecule has 1 unspecified atom stereocenters. The third-order valence-electron chi connectivity index (χ3n) is 6.92. The van der Waals surface area contributed by atoms with Crippen LogP contribution in [0.1, 0.15) is 90.3 Å². The second-order valence-electron chi connectivity index (χ2n) is 10.6. The Hall–Kier alpha value is -4.15. The summed E-state index contributed by atoms with van der Waals surface area (Å²) in [7, 11) is 0. The number of hydrogen-bond acceptors (Lipinski definition) is 9. The molecule has 1 atom stereocenters. The first-order chi connectivity index (χ1) is 20.1. The first kappa shape index (κ1) is 32.4. The van der Waals surface area contributed by atoms with Crippen molar-refractivity contribution in [3.63, 3.8) is 0 Å². The molecule has 1 aromatic carbocycles. The van der Waals surface area contributed by atoms with Gasteiger partial charge in [-0.15, -0.1) is 5.10 Å². The minimum Gasteiger partial charge on any atom is -0.477 e. The molecule has 3 rings (SSSR count). The number of hydrogen-bond donors (Lipinski definition) is 2. The SMILES string of the molecule is CCCCc1cc(OCCCCCCOC(=O)C2=C(C)NC(C)=C(C(=O)OC(C)C)C2c2ccccc2[N+](=O)[O-])n[nH]1. The summed E-state index contributed by atoms with van der Waals surface area (Å²) in [4.78, 5) is 38.0. The van der Waals surface area contributed by atoms with Crippen LogP contribution in [0.25, 0.3) is 0 Å². The van der Waals surface area contributed by atoms with Gasteiger partial charge in [0.15, 0.2) is 0 Å². The molecule has 11 nitrogen and oxygen atoms in total. The molecule has 0 radical (unpaired) electrons. The van der Waals surface area contributed by atoms with E-state index in [9.17, 15) is 19.7 Å². The molecule has 2 N–H and O–H groups in total. The molecule has 0 saturated heterocycles. The molecule has 1 aliphatic rings. The molecule has 42 heavy (non-hydrogen) atoms. The molecule has 0 spiro atoms. The summed E-state index contributed by atoms with van der Waals surface area (Å²) in [5.41, 5.74) is 2.33. The maximum absolute atomic E-state index is 13.4. The van der Waals surface area contributed by atoms with E-state index >= 15 is 0 Å². The van der Waals surface area contributed by atoms with Crippen LogP contribution in [0.3, 0.4) is 0 Å². The maximum Gasteiger partial charge on any atom is 0.337 e. The number of carbonyl (C=O) groups excluding carboxylic acids is 2. The van der Waals surface area contributed by atoms with Crippen molar-refractivity contribution in [3.8, 4) is 5.88 Å². The predicted molar refractivity (Wildman–Crippen MR) is 158 cm³/mol. The fraction of sp³-hybridized carbons (Fsp3) is 0.516. The molecule has 0 fully saturated rings. The highest BCUT2D eigenvalue weighted by molar-refractivity contribution is 6.00. The predicted octanol–water partition coefficient (Wildman–Crippen LogP) is 6.03. The molecule has 0 amide bonds. The van der Waals surface area contributed by atoms with Gasteiger partial charge in [-0.3, -0.25) is 15.2 Å². The lowest BCUT2D eigenvalue weighted by atomic mass is 9.79. The summed E-state index contributed by atoms with van der Waals surface area (Å²) in [6, 6.07) is 8.04. The number of carbonyl (C=O) groups is 2.